The zero-order chi connectivity index (χ0) is 84.6. The molecule has 0 aliphatic rings. The Morgan fingerprint density at radius 3 is 0.418 bits per heavy atom. The van der Waals surface area contributed by atoms with E-state index in [0.717, 1.165) is 102 Å². The molecule has 34 nitrogen and oxygen atoms in total. The van der Waals surface area contributed by atoms with E-state index < -0.39 is 20.3 Å². The fraction of sp³-hybridized carbons (Fsp3) is 0.150. The Morgan fingerprint density at radius 2 is 0.320 bits per heavy atom. The Balaban J connectivity index is 0.000000330. The van der Waals surface area contributed by atoms with Crippen LogP contribution in [0.25, 0.3) is 88.3 Å². The molecule has 0 radical (unpaired) electrons. The number of halogens is 4. The van der Waals surface area contributed by atoms with Gasteiger partial charge in [-0.1, -0.05) is 121 Å². The summed E-state index contributed by atoms with van der Waals surface area (Å²) >= 11 is 19.1. The van der Waals surface area contributed by atoms with Crippen molar-refractivity contribution < 1.29 is 120 Å². The van der Waals surface area contributed by atoms with Gasteiger partial charge in [0.1, 0.15) is 0 Å². The standard InChI is InChI=1S/2C38H30N8.2CH2Cl2.2CH4O.4Ag.4NO3/c2*1-5-13-35-31(9-1)39-23-43(35)19-27-17-29(21-45-25-41-33-11-3-7-15-37(33)45)30(22-46-26-42-34-12-4-8-16-38(34)46)18-28(27)20-44-24-40-32-10-2-6-14-36(32)44;2*2-1-3;2*1-2;;;;;4*2-1(3)4/h2*1-18,23-26H,19-22H2;2*1H2;2*2H,1H3;;;;;;;;/q;;;;;;4*+1;4*-1. The van der Waals surface area contributed by atoms with Crippen molar-refractivity contribution in [3.05, 3.63) is 375 Å². The van der Waals surface area contributed by atoms with Crippen LogP contribution in [0.3, 0.4) is 0 Å². The van der Waals surface area contributed by atoms with E-state index in [9.17, 15) is 0 Å². The molecule has 0 aliphatic carbocycles. The number of aliphatic hydroxyl groups excluding tert-OH is 2. The third kappa shape index (κ3) is 27.9. The summed E-state index contributed by atoms with van der Waals surface area (Å²) in [7, 11) is 2.00. The van der Waals surface area contributed by atoms with Crippen LogP contribution in [-0.2, 0) is 142 Å². The Labute approximate surface area is 776 Å². The third-order valence-corrected chi connectivity index (χ3v) is 18.0. The second kappa shape index (κ2) is 51.5. The number of para-hydroxylation sites is 16. The second-order valence-electron chi connectivity index (χ2n) is 24.8. The molecule has 8 aromatic heterocycles. The van der Waals surface area contributed by atoms with Crippen LogP contribution in [0.15, 0.2) is 269 Å². The number of aliphatic hydroxyl groups is 2. The summed E-state index contributed by atoms with van der Waals surface area (Å²) in [5, 5.41) is 73.4. The molecule has 0 unspecified atom stereocenters. The van der Waals surface area contributed by atoms with Crippen molar-refractivity contribution in [2.24, 2.45) is 0 Å². The van der Waals surface area contributed by atoms with E-state index >= 15 is 0 Å². The minimum absolute atomic E-state index is 0. The van der Waals surface area contributed by atoms with E-state index in [1.807, 2.05) is 99.1 Å². The fourth-order valence-corrected chi connectivity index (χ4v) is 13.3. The zero-order valence-corrected chi connectivity index (χ0v) is 72.9. The van der Waals surface area contributed by atoms with Crippen molar-refractivity contribution >= 4 is 135 Å². The monoisotopic (exact) mass is 2100 g/mol. The van der Waals surface area contributed by atoms with E-state index in [4.69, 9.17) is 158 Å². The van der Waals surface area contributed by atoms with Crippen molar-refractivity contribution in [1.29, 1.82) is 0 Å². The quantitative estimate of drug-likeness (QED) is 0.0392. The summed E-state index contributed by atoms with van der Waals surface area (Å²) in [5.74, 6) is 0. The topological polar surface area (TPSA) is 448 Å². The van der Waals surface area contributed by atoms with Crippen LogP contribution in [-0.4, -0.2) is 132 Å². The SMILES string of the molecule is CO.CO.ClCCl.ClCCl.O=[N+]([O-])[O-].O=[N+]([O-])[O-].O=[N+]([O-])[O-].O=[N+]([O-])[O-].[Ag+].[Ag+].[Ag+].[Ag+].c1ccc2c(c1)ncn2Cc1cc(Cn2cnc3ccccc32)c(Cn2cnc3ccccc32)cc1Cn1cnc2ccccc21.c1ccc2c(c1)ncn2Cc1cc(Cn2cnc3ccccc32)c(Cn2cnc3ccccc32)cc1Cn1cnc2ccccc21. The first-order chi connectivity index (χ1) is 57.3. The number of imidazole rings is 8. The summed E-state index contributed by atoms with van der Waals surface area (Å²) < 4.78 is 18.0. The van der Waals surface area contributed by atoms with Crippen LogP contribution < -0.4 is 0 Å². The van der Waals surface area contributed by atoms with Gasteiger partial charge < -0.3 is 108 Å². The van der Waals surface area contributed by atoms with Crippen LogP contribution in [0.4, 0.5) is 0 Å². The minimum atomic E-state index is -1.75. The number of rotatable bonds is 16. The van der Waals surface area contributed by atoms with Gasteiger partial charge in [0.15, 0.2) is 0 Å². The zero-order valence-electron chi connectivity index (χ0n) is 63.9. The normalized spacial score (nSPS) is 10.1. The summed E-state index contributed by atoms with van der Waals surface area (Å²) in [6.07, 6.45) is 15.6. The number of alkyl halides is 4. The van der Waals surface area contributed by atoms with E-state index in [2.05, 4.69) is 206 Å². The second-order valence-corrected chi connectivity index (χ2v) is 26.4. The van der Waals surface area contributed by atoms with Gasteiger partial charge in [0.25, 0.3) is 0 Å². The van der Waals surface area contributed by atoms with E-state index in [0.29, 0.717) is 52.4 Å². The van der Waals surface area contributed by atoms with Gasteiger partial charge in [0.2, 0.25) is 0 Å². The van der Waals surface area contributed by atoms with Crippen molar-refractivity contribution in [2.75, 3.05) is 24.9 Å². The molecule has 0 saturated carbocycles. The largest absolute Gasteiger partial charge is 1.00 e. The van der Waals surface area contributed by atoms with Crippen molar-refractivity contribution in [3.63, 3.8) is 0 Å². The van der Waals surface area contributed by atoms with Gasteiger partial charge in [-0.15, -0.1) is 46.4 Å². The molecule has 10 aromatic carbocycles. The number of aromatic nitrogens is 16. The van der Waals surface area contributed by atoms with E-state index in [1.54, 1.807) is 0 Å². The molecular weight excluding hydrogens is 2040 g/mol. The summed E-state index contributed by atoms with van der Waals surface area (Å²) in [5.41, 5.74) is 27.0. The fourth-order valence-electron chi connectivity index (χ4n) is 13.3. The first-order valence-electron chi connectivity index (χ1n) is 35.1. The Kier molecular flexibility index (Phi) is 42.8. The molecule has 2 N–H and O–H groups in total. The predicted molar refractivity (Wildman–Crippen MR) is 454 cm³/mol. The Bertz CT molecular complexity index is 5240. The summed E-state index contributed by atoms with van der Waals surface area (Å²) in [6.45, 7) is 5.62. The smallest absolute Gasteiger partial charge is 0.400 e. The number of hydrogen-bond donors (Lipinski definition) is 2. The maximum absolute atomic E-state index is 8.25. The Hall–Kier alpha value is -11.2. The average molecular weight is 2110 g/mol. The number of fused-ring (bicyclic) bond motifs is 8. The molecule has 0 bridgehead atoms. The molecule has 648 valence electrons. The molecule has 0 atom stereocenters. The van der Waals surface area contributed by atoms with Gasteiger partial charge >= 0.3 is 89.5 Å². The van der Waals surface area contributed by atoms with Gasteiger partial charge in [0, 0.05) is 66.6 Å². The van der Waals surface area contributed by atoms with Gasteiger partial charge in [0.05, 0.1) is 170 Å². The van der Waals surface area contributed by atoms with Gasteiger partial charge in [-0.25, -0.2) is 39.9 Å². The van der Waals surface area contributed by atoms with Crippen LogP contribution in [0.5, 0.6) is 0 Å². The first kappa shape index (κ1) is 101. The van der Waals surface area contributed by atoms with Crippen LogP contribution in [0.2, 0.25) is 0 Å². The predicted octanol–water partition coefficient (Wildman–Crippen LogP) is 15.7. The van der Waals surface area contributed by atoms with E-state index in [-0.39, 0.29) is 100 Å². The van der Waals surface area contributed by atoms with Crippen LogP contribution in [0, 0.1) is 61.3 Å². The molecule has 18 aromatic rings. The molecular formula is C80H72Ag4Cl4N20O14. The molecule has 0 spiro atoms. The number of nitrogens with zero attached hydrogens (tertiary/aromatic N) is 20. The van der Waals surface area contributed by atoms with Gasteiger partial charge in [-0.05, 0) is 142 Å². The van der Waals surface area contributed by atoms with Crippen LogP contribution >= 0.6 is 46.4 Å². The Morgan fingerprint density at radius 1 is 0.230 bits per heavy atom. The maximum Gasteiger partial charge on any atom is 1.00 e. The third-order valence-electron chi connectivity index (χ3n) is 18.0. The molecule has 0 saturated heterocycles. The molecule has 0 aliphatic heterocycles. The molecule has 8 heterocycles. The molecule has 122 heavy (non-hydrogen) atoms. The maximum atomic E-state index is 8.25. The summed E-state index contributed by atoms with van der Waals surface area (Å²) in [6, 6.07) is 76.2. The van der Waals surface area contributed by atoms with E-state index in [1.165, 1.54) is 44.5 Å². The number of hydrogen-bond acceptors (Lipinski definition) is 22. The average Bonchev–Trinajstić information content (AvgIpc) is 1.68. The van der Waals surface area contributed by atoms with Crippen molar-refractivity contribution in [2.45, 2.75) is 52.4 Å². The van der Waals surface area contributed by atoms with Gasteiger partial charge in [-0.2, -0.15) is 0 Å². The molecule has 0 fully saturated rings. The van der Waals surface area contributed by atoms with Crippen molar-refractivity contribution in [1.82, 2.24) is 76.4 Å². The van der Waals surface area contributed by atoms with Gasteiger partial charge in [-0.3, -0.25) is 0 Å². The molecule has 42 heteroatoms. The number of benzene rings is 10. The minimum Gasteiger partial charge on any atom is -0.400 e. The van der Waals surface area contributed by atoms with Crippen LogP contribution in [0.1, 0.15) is 44.5 Å². The molecule has 18 rings (SSSR count). The van der Waals surface area contributed by atoms with Crippen molar-refractivity contribution in [3.8, 4) is 0 Å². The summed E-state index contributed by atoms with van der Waals surface area (Å²) in [4.78, 5) is 70.6. The first-order valence-corrected chi connectivity index (χ1v) is 37.3. The molecule has 0 amide bonds.